The molecule has 1 aliphatic carbocycles. The molecule has 0 spiro atoms. The Bertz CT molecular complexity index is 565. The predicted molar refractivity (Wildman–Crippen MR) is 106 cm³/mol. The first-order valence-corrected chi connectivity index (χ1v) is 10.2. The number of hydrogen-bond acceptors (Lipinski definition) is 4. The number of ether oxygens (including phenoxy) is 2. The first-order chi connectivity index (χ1) is 13.3. The van der Waals surface area contributed by atoms with Gasteiger partial charge in [0.2, 0.25) is 0 Å². The summed E-state index contributed by atoms with van der Waals surface area (Å²) in [5.74, 6) is 0.820. The monoisotopic (exact) mass is 375 g/mol. The maximum absolute atomic E-state index is 12.5. The van der Waals surface area contributed by atoms with Gasteiger partial charge in [0, 0.05) is 45.9 Å². The molecular weight excluding hydrogens is 342 g/mol. The molecule has 1 aromatic carbocycles. The maximum atomic E-state index is 12.5. The lowest BCUT2D eigenvalue weighted by Crippen LogP contribution is -2.54. The molecule has 0 unspecified atom stereocenters. The van der Waals surface area contributed by atoms with Crippen molar-refractivity contribution in [3.8, 4) is 5.75 Å². The van der Waals surface area contributed by atoms with Crippen LogP contribution in [-0.4, -0.2) is 68.4 Å². The van der Waals surface area contributed by atoms with Gasteiger partial charge in [0.1, 0.15) is 12.4 Å². The van der Waals surface area contributed by atoms with Gasteiger partial charge in [-0.2, -0.15) is 0 Å². The molecule has 27 heavy (non-hydrogen) atoms. The first-order valence-electron chi connectivity index (χ1n) is 10.2. The van der Waals surface area contributed by atoms with E-state index in [0.717, 1.165) is 43.5 Å². The number of benzene rings is 1. The molecule has 2 aliphatic rings. The standard InChI is InChI=1S/C21H33N3O3/c1-26-15-16-27-20-9-7-18(8-10-20)17-22-21(25)24-13-11-23(12-14-24)19-5-3-2-4-6-19/h7-10,19H,2-6,11-17H2,1H3,(H,22,25). The summed E-state index contributed by atoms with van der Waals surface area (Å²) in [5, 5.41) is 3.04. The summed E-state index contributed by atoms with van der Waals surface area (Å²) in [4.78, 5) is 17.0. The van der Waals surface area contributed by atoms with Crippen molar-refractivity contribution >= 4 is 6.03 Å². The minimum Gasteiger partial charge on any atom is -0.491 e. The summed E-state index contributed by atoms with van der Waals surface area (Å²) in [6, 6.07) is 8.62. The average Bonchev–Trinajstić information content (AvgIpc) is 2.74. The van der Waals surface area contributed by atoms with Crippen molar-refractivity contribution in [1.82, 2.24) is 15.1 Å². The van der Waals surface area contributed by atoms with Gasteiger partial charge < -0.3 is 19.7 Å². The Labute approximate surface area is 162 Å². The van der Waals surface area contributed by atoms with Crippen LogP contribution >= 0.6 is 0 Å². The quantitative estimate of drug-likeness (QED) is 0.745. The molecule has 1 saturated carbocycles. The SMILES string of the molecule is COCCOc1ccc(CNC(=O)N2CCN(C3CCCCC3)CC2)cc1. The van der Waals surface area contributed by atoms with Crippen LogP contribution < -0.4 is 10.1 Å². The van der Waals surface area contributed by atoms with Gasteiger partial charge in [-0.15, -0.1) is 0 Å². The van der Waals surface area contributed by atoms with Crippen LogP contribution in [0.25, 0.3) is 0 Å². The van der Waals surface area contributed by atoms with E-state index in [-0.39, 0.29) is 6.03 Å². The molecule has 1 heterocycles. The van der Waals surface area contributed by atoms with Crippen LogP contribution in [0.15, 0.2) is 24.3 Å². The molecule has 1 aliphatic heterocycles. The van der Waals surface area contributed by atoms with E-state index < -0.39 is 0 Å². The molecule has 150 valence electrons. The van der Waals surface area contributed by atoms with Crippen molar-refractivity contribution in [2.45, 2.75) is 44.7 Å². The average molecular weight is 376 g/mol. The lowest BCUT2D eigenvalue weighted by atomic mass is 9.94. The number of carbonyl (C=O) groups excluding carboxylic acids is 1. The Balaban J connectivity index is 1.37. The third kappa shape index (κ3) is 6.11. The van der Waals surface area contributed by atoms with Gasteiger partial charge in [-0.25, -0.2) is 4.79 Å². The van der Waals surface area contributed by atoms with Crippen LogP contribution in [0.4, 0.5) is 4.79 Å². The topological polar surface area (TPSA) is 54.0 Å². The van der Waals surface area contributed by atoms with E-state index in [1.54, 1.807) is 7.11 Å². The van der Waals surface area contributed by atoms with Gasteiger partial charge in [0.05, 0.1) is 6.61 Å². The predicted octanol–water partition coefficient (Wildman–Crippen LogP) is 2.87. The molecule has 6 nitrogen and oxygen atoms in total. The van der Waals surface area contributed by atoms with E-state index in [1.165, 1.54) is 32.1 Å². The van der Waals surface area contributed by atoms with Crippen molar-refractivity contribution in [1.29, 1.82) is 0 Å². The van der Waals surface area contributed by atoms with Gasteiger partial charge >= 0.3 is 6.03 Å². The number of rotatable bonds is 7. The molecule has 3 rings (SSSR count). The Kier molecular flexibility index (Phi) is 7.78. The molecule has 1 aromatic rings. The number of carbonyl (C=O) groups is 1. The van der Waals surface area contributed by atoms with Gasteiger partial charge in [0.15, 0.2) is 0 Å². The lowest BCUT2D eigenvalue weighted by Gasteiger charge is -2.40. The Morgan fingerprint density at radius 2 is 1.74 bits per heavy atom. The number of piperazine rings is 1. The fraction of sp³-hybridized carbons (Fsp3) is 0.667. The number of hydrogen-bond donors (Lipinski definition) is 1. The number of amides is 2. The van der Waals surface area contributed by atoms with Crippen LogP contribution in [0.1, 0.15) is 37.7 Å². The third-order valence-corrected chi connectivity index (χ3v) is 5.62. The van der Waals surface area contributed by atoms with Crippen LogP contribution in [0.5, 0.6) is 5.75 Å². The van der Waals surface area contributed by atoms with E-state index in [1.807, 2.05) is 29.2 Å². The second-order valence-corrected chi connectivity index (χ2v) is 7.46. The number of methoxy groups -OCH3 is 1. The number of urea groups is 1. The summed E-state index contributed by atoms with van der Waals surface area (Å²) in [6.45, 7) is 5.33. The van der Waals surface area contributed by atoms with Crippen LogP contribution in [0.2, 0.25) is 0 Å². The van der Waals surface area contributed by atoms with Crippen molar-refractivity contribution in [2.24, 2.45) is 0 Å². The fourth-order valence-corrected chi connectivity index (χ4v) is 3.97. The molecule has 0 bridgehead atoms. The smallest absolute Gasteiger partial charge is 0.317 e. The molecule has 2 fully saturated rings. The van der Waals surface area contributed by atoms with E-state index in [0.29, 0.717) is 19.8 Å². The van der Waals surface area contributed by atoms with Gasteiger partial charge in [-0.05, 0) is 30.5 Å². The van der Waals surface area contributed by atoms with E-state index in [9.17, 15) is 4.79 Å². The highest BCUT2D eigenvalue weighted by Crippen LogP contribution is 2.23. The molecule has 0 aromatic heterocycles. The summed E-state index contributed by atoms with van der Waals surface area (Å²) in [7, 11) is 1.66. The number of nitrogens with one attached hydrogen (secondary N) is 1. The summed E-state index contributed by atoms with van der Waals surface area (Å²) in [6.07, 6.45) is 6.77. The van der Waals surface area contributed by atoms with E-state index >= 15 is 0 Å². The van der Waals surface area contributed by atoms with Crippen LogP contribution in [0.3, 0.4) is 0 Å². The van der Waals surface area contributed by atoms with Crippen LogP contribution in [-0.2, 0) is 11.3 Å². The molecule has 6 heteroatoms. The fourth-order valence-electron chi connectivity index (χ4n) is 3.97. The van der Waals surface area contributed by atoms with Gasteiger partial charge in [0.25, 0.3) is 0 Å². The zero-order valence-corrected chi connectivity index (χ0v) is 16.5. The Hall–Kier alpha value is -1.79. The highest BCUT2D eigenvalue weighted by molar-refractivity contribution is 5.74. The van der Waals surface area contributed by atoms with E-state index in [2.05, 4.69) is 10.2 Å². The van der Waals surface area contributed by atoms with Crippen LogP contribution in [0, 0.1) is 0 Å². The van der Waals surface area contributed by atoms with E-state index in [4.69, 9.17) is 9.47 Å². The third-order valence-electron chi connectivity index (χ3n) is 5.62. The second-order valence-electron chi connectivity index (χ2n) is 7.46. The summed E-state index contributed by atoms with van der Waals surface area (Å²) < 4.78 is 10.5. The normalized spacial score (nSPS) is 19.1. The molecule has 1 N–H and O–H groups in total. The lowest BCUT2D eigenvalue weighted by molar-refractivity contribution is 0.0905. The van der Waals surface area contributed by atoms with Gasteiger partial charge in [-0.3, -0.25) is 4.90 Å². The summed E-state index contributed by atoms with van der Waals surface area (Å²) in [5.41, 5.74) is 1.07. The van der Waals surface area contributed by atoms with Crippen molar-refractivity contribution in [2.75, 3.05) is 46.5 Å². The largest absolute Gasteiger partial charge is 0.491 e. The zero-order chi connectivity index (χ0) is 18.9. The maximum Gasteiger partial charge on any atom is 0.317 e. The zero-order valence-electron chi connectivity index (χ0n) is 16.5. The van der Waals surface area contributed by atoms with Gasteiger partial charge in [-0.1, -0.05) is 31.4 Å². The molecule has 2 amide bonds. The second kappa shape index (κ2) is 10.5. The summed E-state index contributed by atoms with van der Waals surface area (Å²) >= 11 is 0. The Morgan fingerprint density at radius 3 is 2.41 bits per heavy atom. The Morgan fingerprint density at radius 1 is 1.04 bits per heavy atom. The number of nitrogens with zero attached hydrogens (tertiary/aromatic N) is 2. The molecular formula is C21H33N3O3. The van der Waals surface area contributed by atoms with Crippen molar-refractivity contribution < 1.29 is 14.3 Å². The molecule has 0 radical (unpaired) electrons. The highest BCUT2D eigenvalue weighted by Gasteiger charge is 2.26. The van der Waals surface area contributed by atoms with Crippen molar-refractivity contribution in [3.63, 3.8) is 0 Å². The van der Waals surface area contributed by atoms with Crippen molar-refractivity contribution in [3.05, 3.63) is 29.8 Å². The molecule has 0 atom stereocenters. The minimum absolute atomic E-state index is 0.0405. The minimum atomic E-state index is 0.0405. The molecule has 1 saturated heterocycles. The first kappa shape index (κ1) is 20.0. The highest BCUT2D eigenvalue weighted by atomic mass is 16.5.